The highest BCUT2D eigenvalue weighted by molar-refractivity contribution is 5.85. The van der Waals surface area contributed by atoms with Gasteiger partial charge >= 0.3 is 0 Å². The van der Waals surface area contributed by atoms with E-state index in [9.17, 15) is 4.79 Å². The van der Waals surface area contributed by atoms with E-state index in [4.69, 9.17) is 10.5 Å². The van der Waals surface area contributed by atoms with Gasteiger partial charge in [0.05, 0.1) is 12.0 Å². The Kier molecular flexibility index (Phi) is 6.95. The molecule has 96 valence electrons. The van der Waals surface area contributed by atoms with Crippen molar-refractivity contribution in [3.05, 3.63) is 0 Å². The number of halogens is 1. The molecule has 0 aromatic rings. The summed E-state index contributed by atoms with van der Waals surface area (Å²) in [5.41, 5.74) is 5.07. The maximum Gasteiger partial charge on any atom is 0.226 e. The van der Waals surface area contributed by atoms with Crippen molar-refractivity contribution in [3.8, 4) is 0 Å². The Morgan fingerprint density at radius 1 is 1.56 bits per heavy atom. The van der Waals surface area contributed by atoms with Crippen molar-refractivity contribution in [1.29, 1.82) is 0 Å². The van der Waals surface area contributed by atoms with Gasteiger partial charge in [-0.25, -0.2) is 0 Å². The summed E-state index contributed by atoms with van der Waals surface area (Å²) in [7, 11) is 0. The highest BCUT2D eigenvalue weighted by Crippen LogP contribution is 2.15. The minimum Gasteiger partial charge on any atom is -0.381 e. The highest BCUT2D eigenvalue weighted by atomic mass is 35.5. The van der Waals surface area contributed by atoms with Gasteiger partial charge in [0.2, 0.25) is 5.91 Å². The zero-order valence-electron chi connectivity index (χ0n) is 10.1. The summed E-state index contributed by atoms with van der Waals surface area (Å²) < 4.78 is 5.35. The Labute approximate surface area is 104 Å². The summed E-state index contributed by atoms with van der Waals surface area (Å²) in [6.45, 7) is 6.43. The van der Waals surface area contributed by atoms with Gasteiger partial charge in [-0.15, -0.1) is 12.4 Å². The second-order valence-corrected chi connectivity index (χ2v) is 4.88. The quantitative estimate of drug-likeness (QED) is 0.781. The molecule has 1 aliphatic heterocycles. The molecule has 5 heteroatoms. The van der Waals surface area contributed by atoms with Gasteiger partial charge in [-0.1, -0.05) is 0 Å². The fourth-order valence-corrected chi connectivity index (χ4v) is 1.54. The van der Waals surface area contributed by atoms with E-state index in [0.717, 1.165) is 26.1 Å². The van der Waals surface area contributed by atoms with Gasteiger partial charge in [0.1, 0.15) is 0 Å². The van der Waals surface area contributed by atoms with Gasteiger partial charge < -0.3 is 15.8 Å². The summed E-state index contributed by atoms with van der Waals surface area (Å²) in [6.07, 6.45) is 2.24. The first-order valence-corrected chi connectivity index (χ1v) is 5.62. The normalized spacial score (nSPS) is 21.1. The molecule has 0 aromatic heterocycles. The van der Waals surface area contributed by atoms with Crippen molar-refractivity contribution in [2.75, 3.05) is 26.3 Å². The zero-order chi connectivity index (χ0) is 11.3. The number of nitrogens with two attached hydrogens (primary N) is 1. The van der Waals surface area contributed by atoms with Crippen molar-refractivity contribution in [3.63, 3.8) is 0 Å². The van der Waals surface area contributed by atoms with E-state index in [0.29, 0.717) is 19.0 Å². The maximum absolute atomic E-state index is 11.7. The van der Waals surface area contributed by atoms with Gasteiger partial charge in [-0.05, 0) is 32.6 Å². The average molecular weight is 251 g/mol. The van der Waals surface area contributed by atoms with E-state index in [2.05, 4.69) is 5.32 Å². The largest absolute Gasteiger partial charge is 0.381 e. The van der Waals surface area contributed by atoms with Crippen LogP contribution < -0.4 is 11.1 Å². The molecule has 1 saturated heterocycles. The van der Waals surface area contributed by atoms with Crippen LogP contribution in [0.1, 0.15) is 26.7 Å². The van der Waals surface area contributed by atoms with E-state index in [1.807, 2.05) is 13.8 Å². The first-order chi connectivity index (χ1) is 7.06. The molecule has 0 radical (unpaired) electrons. The highest BCUT2D eigenvalue weighted by Gasteiger charge is 2.26. The lowest BCUT2D eigenvalue weighted by atomic mass is 9.92. The van der Waals surface area contributed by atoms with Crippen molar-refractivity contribution in [1.82, 2.24) is 5.32 Å². The predicted octanol–water partition coefficient (Wildman–Crippen LogP) is 0.936. The van der Waals surface area contributed by atoms with E-state index in [1.54, 1.807) is 0 Å². The Morgan fingerprint density at radius 2 is 2.25 bits per heavy atom. The molecule has 0 spiro atoms. The van der Waals surface area contributed by atoms with Gasteiger partial charge in [0.15, 0.2) is 0 Å². The van der Waals surface area contributed by atoms with Crippen molar-refractivity contribution < 1.29 is 9.53 Å². The Morgan fingerprint density at radius 3 is 2.75 bits per heavy atom. The third kappa shape index (κ3) is 4.68. The van der Waals surface area contributed by atoms with Gasteiger partial charge in [0, 0.05) is 19.7 Å². The van der Waals surface area contributed by atoms with Crippen LogP contribution in [0.4, 0.5) is 0 Å². The molecular formula is C11H23ClN2O2. The molecule has 16 heavy (non-hydrogen) atoms. The van der Waals surface area contributed by atoms with Gasteiger partial charge in [-0.2, -0.15) is 0 Å². The lowest BCUT2D eigenvalue weighted by Crippen LogP contribution is -2.44. The molecular weight excluding hydrogens is 228 g/mol. The summed E-state index contributed by atoms with van der Waals surface area (Å²) >= 11 is 0. The lowest BCUT2D eigenvalue weighted by Gasteiger charge is -2.26. The molecule has 0 saturated carbocycles. The molecule has 3 N–H and O–H groups in total. The molecule has 0 aliphatic carbocycles. The molecule has 1 heterocycles. The average Bonchev–Trinajstić information content (AvgIpc) is 2.27. The van der Waals surface area contributed by atoms with E-state index in [1.165, 1.54) is 0 Å². The molecule has 0 bridgehead atoms. The van der Waals surface area contributed by atoms with Crippen molar-refractivity contribution in [2.45, 2.75) is 26.7 Å². The molecule has 1 aliphatic rings. The van der Waals surface area contributed by atoms with Crippen LogP contribution in [0.3, 0.4) is 0 Å². The van der Waals surface area contributed by atoms with Crippen LogP contribution >= 0.6 is 12.4 Å². The number of ether oxygens (including phenoxy) is 1. The summed E-state index contributed by atoms with van der Waals surface area (Å²) in [5.74, 6) is 0.506. The monoisotopic (exact) mass is 250 g/mol. The Balaban J connectivity index is 0.00000225. The van der Waals surface area contributed by atoms with Crippen molar-refractivity contribution >= 4 is 18.3 Å². The van der Waals surface area contributed by atoms with Crippen LogP contribution in [0.2, 0.25) is 0 Å². The van der Waals surface area contributed by atoms with Crippen LogP contribution in [0.5, 0.6) is 0 Å². The van der Waals surface area contributed by atoms with Crippen LogP contribution in [0.15, 0.2) is 0 Å². The van der Waals surface area contributed by atoms with Gasteiger partial charge in [0.25, 0.3) is 0 Å². The summed E-state index contributed by atoms with van der Waals surface area (Å²) in [5, 5.41) is 2.94. The smallest absolute Gasteiger partial charge is 0.226 e. The number of hydrogen-bond donors (Lipinski definition) is 2. The molecule has 4 nitrogen and oxygen atoms in total. The summed E-state index contributed by atoms with van der Waals surface area (Å²) in [6, 6.07) is 0. The van der Waals surface area contributed by atoms with Crippen LogP contribution in [-0.2, 0) is 9.53 Å². The van der Waals surface area contributed by atoms with Crippen molar-refractivity contribution in [2.24, 2.45) is 17.1 Å². The van der Waals surface area contributed by atoms with E-state index in [-0.39, 0.29) is 18.3 Å². The standard InChI is InChI=1S/C11H22N2O2.ClH/c1-11(2,8-12)10(14)13-6-9-4-3-5-15-7-9;/h9H,3-8,12H2,1-2H3,(H,13,14);1H. The van der Waals surface area contributed by atoms with Crippen LogP contribution in [-0.4, -0.2) is 32.2 Å². The van der Waals surface area contributed by atoms with Crippen LogP contribution in [0, 0.1) is 11.3 Å². The molecule has 0 aromatic carbocycles. The minimum absolute atomic E-state index is 0. The van der Waals surface area contributed by atoms with Gasteiger partial charge in [-0.3, -0.25) is 4.79 Å². The third-order valence-electron chi connectivity index (χ3n) is 2.93. The molecule has 1 unspecified atom stereocenters. The predicted molar refractivity (Wildman–Crippen MR) is 66.6 cm³/mol. The number of carbonyl (C=O) groups excluding carboxylic acids is 1. The fraction of sp³-hybridized carbons (Fsp3) is 0.909. The first kappa shape index (κ1) is 15.7. The molecule has 1 rings (SSSR count). The van der Waals surface area contributed by atoms with E-state index < -0.39 is 5.41 Å². The third-order valence-corrected chi connectivity index (χ3v) is 2.93. The van der Waals surface area contributed by atoms with E-state index >= 15 is 0 Å². The number of carbonyl (C=O) groups is 1. The number of amides is 1. The second-order valence-electron chi connectivity index (χ2n) is 4.88. The number of nitrogens with one attached hydrogen (secondary N) is 1. The summed E-state index contributed by atoms with van der Waals surface area (Å²) in [4.78, 5) is 11.7. The molecule has 1 amide bonds. The number of rotatable bonds is 4. The van der Waals surface area contributed by atoms with Crippen LogP contribution in [0.25, 0.3) is 0 Å². The SMILES string of the molecule is CC(C)(CN)C(=O)NCC1CCCOC1.Cl. The first-order valence-electron chi connectivity index (χ1n) is 5.62. The number of hydrogen-bond acceptors (Lipinski definition) is 3. The molecule has 1 fully saturated rings. The zero-order valence-corrected chi connectivity index (χ0v) is 10.9. The fourth-order valence-electron chi connectivity index (χ4n) is 1.54. The lowest BCUT2D eigenvalue weighted by molar-refractivity contribution is -0.129. The topological polar surface area (TPSA) is 64.4 Å². The molecule has 1 atom stereocenters. The minimum atomic E-state index is -0.463. The Hall–Kier alpha value is -0.320. The second kappa shape index (κ2) is 7.09. The maximum atomic E-state index is 11.7. The Bertz CT molecular complexity index is 216.